The molecule has 2 unspecified atom stereocenters. The lowest BCUT2D eigenvalue weighted by molar-refractivity contribution is -0.143. The van der Waals surface area contributed by atoms with Gasteiger partial charge in [-0.1, -0.05) is 24.3 Å². The van der Waals surface area contributed by atoms with Gasteiger partial charge in [-0.05, 0) is 67.9 Å². The molecule has 2 aromatic rings. The van der Waals surface area contributed by atoms with Crippen LogP contribution in [0, 0.1) is 11.3 Å². The Morgan fingerprint density at radius 1 is 1.06 bits per heavy atom. The molecule has 7 heteroatoms. The highest BCUT2D eigenvalue weighted by Crippen LogP contribution is 2.59. The lowest BCUT2D eigenvalue weighted by Crippen LogP contribution is -2.52. The number of carbonyl (C=O) groups excluding carboxylic acids is 3. The number of nitrogens with zero attached hydrogens (tertiary/aromatic N) is 3. The standard InChI is InChI=1S/C28H30N4O3/c1-19(15-20-5-4-11-29-17-20)24(33)32-14-10-28(16-21(28)18-32)26(35)31-12-8-27(9-13-31)22-6-2-3-7-23(22)30-25(27)34/h2-7,11,15,17,21H,8-10,12-14,16,18H2,1H3,(H,30,34)/b19-15-. The van der Waals surface area contributed by atoms with Crippen molar-refractivity contribution in [2.75, 3.05) is 31.5 Å². The number of fused-ring (bicyclic) bond motifs is 3. The van der Waals surface area contributed by atoms with E-state index in [1.165, 1.54) is 0 Å². The molecule has 3 amide bonds. The third-order valence-electron chi connectivity index (χ3n) is 8.65. The Labute approximate surface area is 205 Å². The molecule has 1 saturated carbocycles. The lowest BCUT2D eigenvalue weighted by Gasteiger charge is -2.40. The third kappa shape index (κ3) is 3.48. The number of hydrogen-bond acceptors (Lipinski definition) is 4. The second-order valence-corrected chi connectivity index (χ2v) is 10.5. The van der Waals surface area contributed by atoms with E-state index in [4.69, 9.17) is 0 Å². The highest BCUT2D eigenvalue weighted by molar-refractivity contribution is 6.06. The summed E-state index contributed by atoms with van der Waals surface area (Å²) < 4.78 is 0. The van der Waals surface area contributed by atoms with Gasteiger partial charge in [0.25, 0.3) is 0 Å². The SMILES string of the molecule is C/C(=C/c1cccnc1)C(=O)N1CCC2(C(=O)N3CCC4(CC3)C(=O)Nc3ccccc34)CC2C1. The van der Waals surface area contributed by atoms with Gasteiger partial charge in [0, 0.05) is 49.8 Å². The van der Waals surface area contributed by atoms with Gasteiger partial charge in [0.1, 0.15) is 0 Å². The van der Waals surface area contributed by atoms with E-state index in [1.54, 1.807) is 12.4 Å². The highest BCUT2D eigenvalue weighted by Gasteiger charge is 2.63. The van der Waals surface area contributed by atoms with Crippen LogP contribution in [0.5, 0.6) is 0 Å². The number of rotatable bonds is 3. The molecule has 7 nitrogen and oxygen atoms in total. The molecule has 0 bridgehead atoms. The van der Waals surface area contributed by atoms with Crippen LogP contribution in [-0.4, -0.2) is 58.7 Å². The second-order valence-electron chi connectivity index (χ2n) is 10.5. The van der Waals surface area contributed by atoms with Crippen LogP contribution in [0.4, 0.5) is 5.69 Å². The number of nitrogens with one attached hydrogen (secondary N) is 1. The molecule has 2 saturated heterocycles. The fraction of sp³-hybridized carbons (Fsp3) is 0.429. The average molecular weight is 471 g/mol. The number of amides is 3. The van der Waals surface area contributed by atoms with E-state index >= 15 is 0 Å². The molecule has 1 aliphatic carbocycles. The van der Waals surface area contributed by atoms with E-state index < -0.39 is 5.41 Å². The van der Waals surface area contributed by atoms with Crippen LogP contribution in [-0.2, 0) is 19.8 Å². The first-order valence-electron chi connectivity index (χ1n) is 12.5. The van der Waals surface area contributed by atoms with E-state index in [-0.39, 0.29) is 29.1 Å². The largest absolute Gasteiger partial charge is 0.342 e. The number of piperidine rings is 2. The van der Waals surface area contributed by atoms with Crippen LogP contribution >= 0.6 is 0 Å². The van der Waals surface area contributed by atoms with Gasteiger partial charge in [-0.2, -0.15) is 0 Å². The summed E-state index contributed by atoms with van der Waals surface area (Å²) in [4.78, 5) is 47.5. The summed E-state index contributed by atoms with van der Waals surface area (Å²) in [7, 11) is 0. The van der Waals surface area contributed by atoms with Crippen molar-refractivity contribution in [1.82, 2.24) is 14.8 Å². The quantitative estimate of drug-likeness (QED) is 0.699. The van der Waals surface area contributed by atoms with E-state index in [2.05, 4.69) is 10.3 Å². The van der Waals surface area contributed by atoms with Crippen LogP contribution in [0.15, 0.2) is 54.4 Å². The maximum absolute atomic E-state index is 13.6. The molecular weight excluding hydrogens is 440 g/mol. The number of para-hydroxylation sites is 1. The molecule has 180 valence electrons. The minimum absolute atomic E-state index is 0.0348. The molecule has 3 aliphatic heterocycles. The molecule has 1 aromatic heterocycles. The fourth-order valence-electron chi connectivity index (χ4n) is 6.47. The molecule has 6 rings (SSSR count). The first-order chi connectivity index (χ1) is 16.9. The Morgan fingerprint density at radius 2 is 1.83 bits per heavy atom. The number of likely N-dealkylation sites (tertiary alicyclic amines) is 2. The van der Waals surface area contributed by atoms with E-state index in [0.29, 0.717) is 51.0 Å². The first kappa shape index (κ1) is 22.0. The van der Waals surface area contributed by atoms with Crippen LogP contribution < -0.4 is 5.32 Å². The molecule has 1 spiro atoms. The molecule has 0 radical (unpaired) electrons. The first-order valence-corrected chi connectivity index (χ1v) is 12.5. The van der Waals surface area contributed by atoms with Crippen LogP contribution in [0.3, 0.4) is 0 Å². The molecular formula is C28H30N4O3. The maximum atomic E-state index is 13.6. The summed E-state index contributed by atoms with van der Waals surface area (Å²) >= 11 is 0. The number of hydrogen-bond donors (Lipinski definition) is 1. The smallest absolute Gasteiger partial charge is 0.249 e. The van der Waals surface area contributed by atoms with Crippen molar-refractivity contribution in [2.24, 2.45) is 11.3 Å². The summed E-state index contributed by atoms with van der Waals surface area (Å²) in [5, 5.41) is 3.03. The van der Waals surface area contributed by atoms with Gasteiger partial charge in [-0.25, -0.2) is 0 Å². The lowest BCUT2D eigenvalue weighted by atomic mass is 9.73. The predicted octanol–water partition coefficient (Wildman–Crippen LogP) is 3.24. The molecule has 1 aromatic carbocycles. The summed E-state index contributed by atoms with van der Waals surface area (Å²) in [6.45, 7) is 4.29. The number of aromatic nitrogens is 1. The van der Waals surface area contributed by atoms with Crippen LogP contribution in [0.2, 0.25) is 0 Å². The molecule has 2 atom stereocenters. The summed E-state index contributed by atoms with van der Waals surface area (Å²) in [6, 6.07) is 11.7. The van der Waals surface area contributed by atoms with E-state index in [1.807, 2.05) is 59.2 Å². The van der Waals surface area contributed by atoms with Crippen molar-refractivity contribution < 1.29 is 14.4 Å². The minimum Gasteiger partial charge on any atom is -0.342 e. The number of benzene rings is 1. The molecule has 4 aliphatic rings. The Morgan fingerprint density at radius 3 is 2.57 bits per heavy atom. The van der Waals surface area contributed by atoms with Crippen molar-refractivity contribution in [2.45, 2.75) is 38.0 Å². The molecule has 35 heavy (non-hydrogen) atoms. The topological polar surface area (TPSA) is 82.6 Å². The van der Waals surface area contributed by atoms with Gasteiger partial charge in [0.2, 0.25) is 17.7 Å². The molecule has 1 N–H and O–H groups in total. The monoisotopic (exact) mass is 470 g/mol. The minimum atomic E-state index is -0.512. The highest BCUT2D eigenvalue weighted by atomic mass is 16.2. The number of carbonyl (C=O) groups is 3. The Balaban J connectivity index is 1.09. The van der Waals surface area contributed by atoms with Crippen LogP contribution in [0.1, 0.15) is 43.7 Å². The second kappa shape index (κ2) is 8.04. The zero-order chi connectivity index (χ0) is 24.2. The van der Waals surface area contributed by atoms with E-state index in [0.717, 1.165) is 23.2 Å². The van der Waals surface area contributed by atoms with Crippen molar-refractivity contribution >= 4 is 29.5 Å². The number of anilines is 1. The van der Waals surface area contributed by atoms with Gasteiger partial charge < -0.3 is 15.1 Å². The predicted molar refractivity (Wildman–Crippen MR) is 132 cm³/mol. The maximum Gasteiger partial charge on any atom is 0.249 e. The van der Waals surface area contributed by atoms with Gasteiger partial charge in [0.15, 0.2) is 0 Å². The molecule has 4 heterocycles. The average Bonchev–Trinajstić information content (AvgIpc) is 3.57. The van der Waals surface area contributed by atoms with E-state index in [9.17, 15) is 14.4 Å². The normalized spacial score (nSPS) is 26.7. The number of pyridine rings is 1. The zero-order valence-corrected chi connectivity index (χ0v) is 20.0. The Kier molecular flexibility index (Phi) is 5.06. The van der Waals surface area contributed by atoms with Crippen molar-refractivity contribution in [1.29, 1.82) is 0 Å². The van der Waals surface area contributed by atoms with Gasteiger partial charge in [-0.15, -0.1) is 0 Å². The van der Waals surface area contributed by atoms with Gasteiger partial charge in [0.05, 0.1) is 10.8 Å². The van der Waals surface area contributed by atoms with Crippen molar-refractivity contribution in [3.63, 3.8) is 0 Å². The Bertz CT molecular complexity index is 1230. The molecule has 3 fully saturated rings. The fourth-order valence-corrected chi connectivity index (χ4v) is 6.47. The van der Waals surface area contributed by atoms with Crippen molar-refractivity contribution in [3.05, 3.63) is 65.5 Å². The van der Waals surface area contributed by atoms with Gasteiger partial charge in [-0.3, -0.25) is 19.4 Å². The summed E-state index contributed by atoms with van der Waals surface area (Å²) in [5.41, 5.74) is 2.74. The Hall–Kier alpha value is -3.48. The van der Waals surface area contributed by atoms with Crippen LogP contribution in [0.25, 0.3) is 6.08 Å². The zero-order valence-electron chi connectivity index (χ0n) is 20.0. The third-order valence-corrected chi connectivity index (χ3v) is 8.65. The van der Waals surface area contributed by atoms with Gasteiger partial charge >= 0.3 is 0 Å². The summed E-state index contributed by atoms with van der Waals surface area (Å²) in [5.74, 6) is 0.548. The van der Waals surface area contributed by atoms with Crippen molar-refractivity contribution in [3.8, 4) is 0 Å². The summed E-state index contributed by atoms with van der Waals surface area (Å²) in [6.07, 6.45) is 8.21.